The second-order valence-corrected chi connectivity index (χ2v) is 8.32. The van der Waals surface area contributed by atoms with Crippen LogP contribution in [-0.2, 0) is 16.6 Å². The van der Waals surface area contributed by atoms with E-state index in [0.717, 1.165) is 0 Å². The Bertz CT molecular complexity index is 1500. The molecule has 5 aromatic rings. The van der Waals surface area contributed by atoms with Crippen molar-refractivity contribution in [3.8, 4) is 5.88 Å². The van der Waals surface area contributed by atoms with Crippen molar-refractivity contribution in [2.75, 3.05) is 11.8 Å². The Labute approximate surface area is 175 Å². The quantitative estimate of drug-likeness (QED) is 0.422. The smallest absolute Gasteiger partial charge is 0.266 e. The van der Waals surface area contributed by atoms with Crippen LogP contribution in [0.2, 0.25) is 0 Å². The predicted octanol–water partition coefficient (Wildman–Crippen LogP) is 2.73. The van der Waals surface area contributed by atoms with E-state index in [1.54, 1.807) is 48.3 Å². The van der Waals surface area contributed by atoms with Gasteiger partial charge in [-0.15, -0.1) is 0 Å². The van der Waals surface area contributed by atoms with Gasteiger partial charge in [0.05, 0.1) is 19.3 Å². The zero-order valence-electron chi connectivity index (χ0n) is 16.4. The number of para-hydroxylation sites is 1. The van der Waals surface area contributed by atoms with Gasteiger partial charge in [0.2, 0.25) is 5.88 Å². The highest BCUT2D eigenvalue weighted by Crippen LogP contribution is 2.33. The summed E-state index contributed by atoms with van der Waals surface area (Å²) in [7, 11) is -2.63. The lowest BCUT2D eigenvalue weighted by Gasteiger charge is -2.08. The molecular weight excluding hydrogens is 424 g/mol. The maximum atomic E-state index is 13.1. The molecule has 0 spiro atoms. The third-order valence-corrected chi connectivity index (χ3v) is 5.92. The number of nitrogens with zero attached hydrogens (tertiary/aromatic N) is 5. The number of rotatable bonds is 6. The van der Waals surface area contributed by atoms with Gasteiger partial charge in [-0.05, 0) is 18.2 Å². The van der Waals surface area contributed by atoms with E-state index in [2.05, 4.69) is 24.9 Å². The molecule has 0 fully saturated rings. The second-order valence-electron chi connectivity index (χ2n) is 6.67. The van der Waals surface area contributed by atoms with Gasteiger partial charge in [0, 0.05) is 25.4 Å². The third kappa shape index (κ3) is 3.36. The minimum atomic E-state index is -4.07. The summed E-state index contributed by atoms with van der Waals surface area (Å²) in [6, 6.07) is 8.14. The minimum Gasteiger partial charge on any atom is -0.480 e. The number of hydrogen-bond acceptors (Lipinski definition) is 9. The monoisotopic (exact) mass is 440 g/mol. The van der Waals surface area contributed by atoms with Crippen molar-refractivity contribution in [3.05, 3.63) is 54.3 Å². The lowest BCUT2D eigenvalue weighted by molar-refractivity contribution is 0.400. The van der Waals surface area contributed by atoms with E-state index in [1.807, 2.05) is 0 Å². The summed E-state index contributed by atoms with van der Waals surface area (Å²) in [4.78, 5) is 8.54. The van der Waals surface area contributed by atoms with Gasteiger partial charge in [0.1, 0.15) is 15.8 Å². The Balaban J connectivity index is 1.55. The van der Waals surface area contributed by atoms with E-state index >= 15 is 0 Å². The maximum Gasteiger partial charge on any atom is 0.266 e. The first-order chi connectivity index (χ1) is 14.9. The van der Waals surface area contributed by atoms with E-state index in [4.69, 9.17) is 13.7 Å². The average molecular weight is 440 g/mol. The molecule has 4 aromatic heterocycles. The number of methoxy groups -OCH3 is 1. The van der Waals surface area contributed by atoms with Crippen LogP contribution in [-0.4, -0.2) is 40.4 Å². The number of ether oxygens (including phenoxy) is 1. The van der Waals surface area contributed by atoms with Gasteiger partial charge >= 0.3 is 0 Å². The molecular formula is C19H16N6O5S. The lowest BCUT2D eigenvalue weighted by atomic mass is 10.2. The molecule has 1 N–H and O–H groups in total. The van der Waals surface area contributed by atoms with Crippen molar-refractivity contribution in [1.29, 1.82) is 0 Å². The predicted molar refractivity (Wildman–Crippen MR) is 109 cm³/mol. The number of sulfonamides is 1. The summed E-state index contributed by atoms with van der Waals surface area (Å²) in [6.07, 6.45) is 3.46. The first kappa shape index (κ1) is 19.1. The molecule has 0 aliphatic carbocycles. The fourth-order valence-electron chi connectivity index (χ4n) is 3.27. The fraction of sp³-hybridized carbons (Fsp3) is 0.158. The summed E-state index contributed by atoms with van der Waals surface area (Å²) in [6.45, 7) is 2.03. The summed E-state index contributed by atoms with van der Waals surface area (Å²) >= 11 is 0. The Morgan fingerprint density at radius 2 is 2.10 bits per heavy atom. The van der Waals surface area contributed by atoms with Crippen LogP contribution in [0, 0.1) is 6.92 Å². The van der Waals surface area contributed by atoms with Crippen molar-refractivity contribution >= 4 is 37.9 Å². The molecule has 0 radical (unpaired) electrons. The van der Waals surface area contributed by atoms with Gasteiger partial charge in [-0.2, -0.15) is 5.10 Å². The molecule has 0 aliphatic heterocycles. The molecule has 4 heterocycles. The number of fused-ring (bicyclic) bond motifs is 2. The molecule has 12 heteroatoms. The van der Waals surface area contributed by atoms with Crippen molar-refractivity contribution in [1.82, 2.24) is 24.9 Å². The third-order valence-electron chi connectivity index (χ3n) is 4.56. The molecule has 158 valence electrons. The summed E-state index contributed by atoms with van der Waals surface area (Å²) < 4.78 is 46.5. The van der Waals surface area contributed by atoms with Crippen LogP contribution < -0.4 is 9.46 Å². The number of aromatic nitrogens is 5. The fourth-order valence-corrected chi connectivity index (χ4v) is 4.42. The molecule has 0 saturated heterocycles. The van der Waals surface area contributed by atoms with Crippen molar-refractivity contribution in [3.63, 3.8) is 0 Å². The normalized spacial score (nSPS) is 11.9. The van der Waals surface area contributed by atoms with E-state index in [-0.39, 0.29) is 22.2 Å². The molecule has 0 amide bonds. The Kier molecular flexibility index (Phi) is 4.36. The molecule has 0 bridgehead atoms. The van der Waals surface area contributed by atoms with Gasteiger partial charge in [-0.3, -0.25) is 9.40 Å². The lowest BCUT2D eigenvalue weighted by Crippen LogP contribution is -2.14. The number of pyridine rings is 1. The number of hydrogen-bond donors (Lipinski definition) is 1. The van der Waals surface area contributed by atoms with Crippen LogP contribution >= 0.6 is 0 Å². The molecule has 0 atom stereocenters. The van der Waals surface area contributed by atoms with E-state index in [0.29, 0.717) is 34.6 Å². The number of benzene rings is 1. The number of aryl methyl sites for hydroxylation is 1. The van der Waals surface area contributed by atoms with Crippen LogP contribution in [0.25, 0.3) is 22.1 Å². The van der Waals surface area contributed by atoms with Gasteiger partial charge in [0.25, 0.3) is 10.0 Å². The van der Waals surface area contributed by atoms with Gasteiger partial charge in [-0.25, -0.2) is 18.4 Å². The maximum absolute atomic E-state index is 13.1. The first-order valence-corrected chi connectivity index (χ1v) is 10.6. The van der Waals surface area contributed by atoms with Gasteiger partial charge < -0.3 is 13.7 Å². The second kappa shape index (κ2) is 7.09. The zero-order valence-corrected chi connectivity index (χ0v) is 17.3. The summed E-state index contributed by atoms with van der Waals surface area (Å²) in [5.74, 6) is 0.491. The van der Waals surface area contributed by atoms with Crippen LogP contribution in [0.3, 0.4) is 0 Å². The SMILES string of the molecule is COc1nc(Cn2cccn2)cc2onc(NS(=O)(=O)c3cccc4nc(C)oc34)c12. The first-order valence-electron chi connectivity index (χ1n) is 9.14. The van der Waals surface area contributed by atoms with Crippen LogP contribution in [0.15, 0.2) is 56.6 Å². The molecule has 0 aliphatic rings. The van der Waals surface area contributed by atoms with Crippen LogP contribution in [0.5, 0.6) is 5.88 Å². The highest BCUT2D eigenvalue weighted by molar-refractivity contribution is 7.93. The number of oxazole rings is 1. The highest BCUT2D eigenvalue weighted by atomic mass is 32.2. The van der Waals surface area contributed by atoms with E-state index in [1.165, 1.54) is 13.2 Å². The molecule has 11 nitrogen and oxygen atoms in total. The van der Waals surface area contributed by atoms with Crippen molar-refractivity contribution in [2.45, 2.75) is 18.4 Å². The zero-order chi connectivity index (χ0) is 21.6. The average Bonchev–Trinajstić information content (AvgIpc) is 3.46. The summed E-state index contributed by atoms with van der Waals surface area (Å²) in [5, 5.41) is 8.33. The molecule has 1 aromatic carbocycles. The Morgan fingerprint density at radius 1 is 1.23 bits per heavy atom. The number of anilines is 1. The summed E-state index contributed by atoms with van der Waals surface area (Å²) in [5.41, 5.74) is 1.53. The van der Waals surface area contributed by atoms with Gasteiger partial charge in [0.15, 0.2) is 22.9 Å². The van der Waals surface area contributed by atoms with Crippen molar-refractivity contribution in [2.24, 2.45) is 0 Å². The van der Waals surface area contributed by atoms with Crippen LogP contribution in [0.1, 0.15) is 11.6 Å². The Morgan fingerprint density at radius 3 is 2.87 bits per heavy atom. The molecule has 0 saturated carbocycles. The van der Waals surface area contributed by atoms with Gasteiger partial charge in [-0.1, -0.05) is 11.2 Å². The van der Waals surface area contributed by atoms with Crippen molar-refractivity contribution < 1.29 is 22.1 Å². The minimum absolute atomic E-state index is 0.0433. The molecule has 5 rings (SSSR count). The van der Waals surface area contributed by atoms with E-state index in [9.17, 15) is 8.42 Å². The topological polar surface area (TPSA) is 138 Å². The molecule has 31 heavy (non-hydrogen) atoms. The largest absolute Gasteiger partial charge is 0.480 e. The standard InChI is InChI=1S/C19H16N6O5S/c1-11-21-13-5-3-6-15(17(13)29-11)31(26,27)24-18-16-14(30-23-18)9-12(22-19(16)28-2)10-25-8-4-7-20-25/h3-9H,10H2,1-2H3,(H,23,24). The Hall–Kier alpha value is -3.93. The number of nitrogens with one attached hydrogen (secondary N) is 1. The highest BCUT2D eigenvalue weighted by Gasteiger charge is 2.25. The van der Waals surface area contributed by atoms with Crippen LogP contribution in [0.4, 0.5) is 5.82 Å². The van der Waals surface area contributed by atoms with E-state index < -0.39 is 10.0 Å². The molecule has 0 unspecified atom stereocenters.